The molecule has 0 saturated heterocycles. The summed E-state index contributed by atoms with van der Waals surface area (Å²) in [6, 6.07) is 0. The van der Waals surface area contributed by atoms with Crippen LogP contribution in [0.3, 0.4) is 0 Å². The third-order valence-electron chi connectivity index (χ3n) is 5.52. The summed E-state index contributed by atoms with van der Waals surface area (Å²) < 4.78 is 28.6. The normalized spacial score (nSPS) is 55.5. The highest BCUT2D eigenvalue weighted by atomic mass is 19.2. The molecule has 96 valence electrons. The Labute approximate surface area is 98.4 Å². The molecule has 0 aromatic rings. The van der Waals surface area contributed by atoms with Gasteiger partial charge >= 0.3 is 5.97 Å². The third kappa shape index (κ3) is 1.07. The first kappa shape index (κ1) is 11.4. The lowest BCUT2D eigenvalue weighted by Crippen LogP contribution is -2.71. The molecule has 0 aromatic heterocycles. The Morgan fingerprint density at radius 1 is 1.41 bits per heavy atom. The first-order valence-corrected chi connectivity index (χ1v) is 6.21. The molecule has 3 nitrogen and oxygen atoms in total. The zero-order chi connectivity index (χ0) is 12.4. The summed E-state index contributed by atoms with van der Waals surface area (Å²) in [6.07, 6.45) is 0.209. The summed E-state index contributed by atoms with van der Waals surface area (Å²) in [5.74, 6) is -2.15. The molecule has 5 heteroatoms. The summed E-state index contributed by atoms with van der Waals surface area (Å²) in [7, 11) is 0. The first-order chi connectivity index (χ1) is 7.96. The summed E-state index contributed by atoms with van der Waals surface area (Å²) in [5, 5.41) is 8.97. The zero-order valence-corrected chi connectivity index (χ0v) is 9.53. The van der Waals surface area contributed by atoms with Gasteiger partial charge in [-0.3, -0.25) is 4.79 Å². The standard InChI is InChI=1S/C12H17F2NO2/c13-10-6-1-2-7-11(5-15,4-9(16)17)8(3-6)12(7,10)14/h6-8,10H,1-5,15H2,(H,16,17)/t6-,7?,8-,10+,11+,12?/m1/s1. The molecule has 3 aliphatic carbocycles. The van der Waals surface area contributed by atoms with Crippen LogP contribution in [0.1, 0.15) is 25.7 Å². The van der Waals surface area contributed by atoms with E-state index in [1.807, 2.05) is 0 Å². The van der Waals surface area contributed by atoms with E-state index < -0.39 is 35.1 Å². The number of halogens is 2. The van der Waals surface area contributed by atoms with Crippen LogP contribution in [0.25, 0.3) is 0 Å². The van der Waals surface area contributed by atoms with Gasteiger partial charge in [-0.1, -0.05) is 0 Å². The van der Waals surface area contributed by atoms with Gasteiger partial charge in [-0.15, -0.1) is 0 Å². The van der Waals surface area contributed by atoms with Crippen LogP contribution >= 0.6 is 0 Å². The Bertz CT molecular complexity index is 368. The van der Waals surface area contributed by atoms with E-state index >= 15 is 0 Å². The molecule has 3 rings (SSSR count). The van der Waals surface area contributed by atoms with Crippen LogP contribution in [0.15, 0.2) is 0 Å². The van der Waals surface area contributed by atoms with E-state index in [2.05, 4.69) is 0 Å². The predicted octanol–water partition coefficient (Wildman–Crippen LogP) is 1.51. The summed E-state index contributed by atoms with van der Waals surface area (Å²) in [5.41, 5.74) is 3.23. The van der Waals surface area contributed by atoms with E-state index in [9.17, 15) is 13.6 Å². The van der Waals surface area contributed by atoms with Crippen LogP contribution in [-0.2, 0) is 4.79 Å². The minimum Gasteiger partial charge on any atom is -0.481 e. The Balaban J connectivity index is 1.98. The Kier molecular flexibility index (Phi) is 2.14. The smallest absolute Gasteiger partial charge is 0.303 e. The lowest BCUT2D eigenvalue weighted by atomic mass is 9.43. The lowest BCUT2D eigenvalue weighted by Gasteiger charge is -2.63. The van der Waals surface area contributed by atoms with Crippen LogP contribution in [0, 0.1) is 23.2 Å². The maximum absolute atomic E-state index is 14.7. The van der Waals surface area contributed by atoms with Gasteiger partial charge in [0.25, 0.3) is 0 Å². The van der Waals surface area contributed by atoms with Crippen LogP contribution < -0.4 is 5.73 Å². The minimum atomic E-state index is -1.78. The highest BCUT2D eigenvalue weighted by Crippen LogP contribution is 2.74. The van der Waals surface area contributed by atoms with Gasteiger partial charge in [-0.25, -0.2) is 8.78 Å². The van der Waals surface area contributed by atoms with Gasteiger partial charge in [0.05, 0.1) is 6.42 Å². The van der Waals surface area contributed by atoms with Crippen molar-refractivity contribution in [3.63, 3.8) is 0 Å². The highest BCUT2D eigenvalue weighted by molar-refractivity contribution is 5.68. The zero-order valence-electron chi connectivity index (χ0n) is 9.53. The van der Waals surface area contributed by atoms with E-state index in [-0.39, 0.29) is 18.9 Å². The molecule has 3 saturated carbocycles. The van der Waals surface area contributed by atoms with Crippen LogP contribution in [0.4, 0.5) is 8.78 Å². The van der Waals surface area contributed by atoms with Crippen molar-refractivity contribution in [3.05, 3.63) is 0 Å². The van der Waals surface area contributed by atoms with E-state index in [1.165, 1.54) is 0 Å². The first-order valence-electron chi connectivity index (χ1n) is 6.21. The van der Waals surface area contributed by atoms with Gasteiger partial charge in [0.1, 0.15) is 11.8 Å². The Morgan fingerprint density at radius 3 is 2.71 bits per heavy atom. The number of hydrogen-bond acceptors (Lipinski definition) is 2. The van der Waals surface area contributed by atoms with E-state index in [4.69, 9.17) is 10.8 Å². The second kappa shape index (κ2) is 3.19. The monoisotopic (exact) mass is 245 g/mol. The predicted molar refractivity (Wildman–Crippen MR) is 56.8 cm³/mol. The van der Waals surface area contributed by atoms with Crippen molar-refractivity contribution in [1.29, 1.82) is 0 Å². The van der Waals surface area contributed by atoms with Gasteiger partial charge in [-0.05, 0) is 31.7 Å². The van der Waals surface area contributed by atoms with E-state index in [0.29, 0.717) is 19.3 Å². The number of carbonyl (C=O) groups is 1. The van der Waals surface area contributed by atoms with Gasteiger partial charge < -0.3 is 10.8 Å². The van der Waals surface area contributed by atoms with Gasteiger partial charge in [-0.2, -0.15) is 0 Å². The molecular formula is C12H17F2NO2. The van der Waals surface area contributed by atoms with Crippen LogP contribution in [0.2, 0.25) is 0 Å². The molecule has 2 bridgehead atoms. The number of hydrogen-bond donors (Lipinski definition) is 2. The molecule has 0 amide bonds. The number of nitrogens with two attached hydrogens (primary N) is 1. The van der Waals surface area contributed by atoms with Gasteiger partial charge in [0, 0.05) is 17.3 Å². The topological polar surface area (TPSA) is 63.3 Å². The fraction of sp³-hybridized carbons (Fsp3) is 0.917. The molecule has 0 heterocycles. The average Bonchev–Trinajstić information content (AvgIpc) is 2.48. The molecule has 17 heavy (non-hydrogen) atoms. The fourth-order valence-corrected chi connectivity index (χ4v) is 4.89. The number of fused-ring (bicyclic) bond motifs is 1. The summed E-state index contributed by atoms with van der Waals surface area (Å²) in [4.78, 5) is 10.9. The van der Waals surface area contributed by atoms with Gasteiger partial charge in [0.2, 0.25) is 0 Å². The van der Waals surface area contributed by atoms with Crippen molar-refractivity contribution < 1.29 is 18.7 Å². The SMILES string of the molecule is NC[C@@]1(CC(=O)O)C2CC[C@@H]3C[C@H]1C2(F)[C@H]3F. The molecule has 0 aromatic carbocycles. The van der Waals surface area contributed by atoms with Crippen molar-refractivity contribution in [2.24, 2.45) is 28.9 Å². The lowest BCUT2D eigenvalue weighted by molar-refractivity contribution is -0.227. The molecule has 6 atom stereocenters. The molecule has 3 N–H and O–H groups in total. The van der Waals surface area contributed by atoms with Crippen molar-refractivity contribution in [2.75, 3.05) is 6.54 Å². The van der Waals surface area contributed by atoms with Crippen molar-refractivity contribution >= 4 is 5.97 Å². The summed E-state index contributed by atoms with van der Waals surface area (Å²) in [6.45, 7) is 0.153. The number of carboxylic acid groups (broad SMARTS) is 1. The minimum absolute atomic E-state index is 0.121. The second-order valence-electron chi connectivity index (χ2n) is 5.92. The van der Waals surface area contributed by atoms with Crippen LogP contribution in [-0.4, -0.2) is 29.5 Å². The number of rotatable bonds is 3. The third-order valence-corrected chi connectivity index (χ3v) is 5.52. The Morgan fingerprint density at radius 2 is 2.12 bits per heavy atom. The average molecular weight is 245 g/mol. The molecule has 0 spiro atoms. The van der Waals surface area contributed by atoms with Crippen molar-refractivity contribution in [3.8, 4) is 0 Å². The molecule has 3 fully saturated rings. The quantitative estimate of drug-likeness (QED) is 0.792. The maximum atomic E-state index is 14.7. The Hall–Kier alpha value is -0.710. The number of aliphatic carboxylic acids is 1. The number of alkyl halides is 2. The molecule has 3 aliphatic rings. The maximum Gasteiger partial charge on any atom is 0.303 e. The second-order valence-corrected chi connectivity index (χ2v) is 5.92. The van der Waals surface area contributed by atoms with E-state index in [0.717, 1.165) is 0 Å². The number of carboxylic acids is 1. The molecule has 2 unspecified atom stereocenters. The fourth-order valence-electron chi connectivity index (χ4n) is 4.89. The summed E-state index contributed by atoms with van der Waals surface area (Å²) >= 11 is 0. The van der Waals surface area contributed by atoms with Crippen LogP contribution in [0.5, 0.6) is 0 Å². The van der Waals surface area contributed by atoms with Crippen molar-refractivity contribution in [2.45, 2.75) is 37.5 Å². The molecular weight excluding hydrogens is 228 g/mol. The van der Waals surface area contributed by atoms with Gasteiger partial charge in [0.15, 0.2) is 0 Å². The molecule has 0 radical (unpaired) electrons. The largest absolute Gasteiger partial charge is 0.481 e. The molecule has 0 aliphatic heterocycles. The van der Waals surface area contributed by atoms with Crippen molar-refractivity contribution in [1.82, 2.24) is 0 Å². The highest BCUT2D eigenvalue weighted by Gasteiger charge is 2.80. The van der Waals surface area contributed by atoms with E-state index in [1.54, 1.807) is 0 Å².